The largest absolute Gasteiger partial charge is 0.461 e. The van der Waals surface area contributed by atoms with Gasteiger partial charge in [-0.3, -0.25) is 14.5 Å². The minimum absolute atomic E-state index is 0.102. The van der Waals surface area contributed by atoms with Crippen LogP contribution in [0.4, 0.5) is 0 Å². The molecule has 9 heteroatoms. The van der Waals surface area contributed by atoms with E-state index in [4.69, 9.17) is 9.15 Å². The van der Waals surface area contributed by atoms with Crippen LogP contribution < -0.4 is 0 Å². The molecule has 0 aliphatic carbocycles. The molecule has 0 N–H and O–H groups in total. The van der Waals surface area contributed by atoms with Crippen LogP contribution in [0.3, 0.4) is 0 Å². The van der Waals surface area contributed by atoms with E-state index in [0.29, 0.717) is 31.9 Å². The highest BCUT2D eigenvalue weighted by Crippen LogP contribution is 2.14. The number of sulfone groups is 1. The van der Waals surface area contributed by atoms with Gasteiger partial charge in [-0.15, -0.1) is 0 Å². The number of carbonyl (C=O) groups excluding carboxylic acids is 2. The molecule has 1 aromatic carbocycles. The zero-order chi connectivity index (χ0) is 23.0. The molecule has 1 saturated heterocycles. The first kappa shape index (κ1) is 23.7. The highest BCUT2D eigenvalue weighted by molar-refractivity contribution is 7.95. The molecule has 1 aliphatic rings. The van der Waals surface area contributed by atoms with Gasteiger partial charge in [0.2, 0.25) is 5.91 Å². The van der Waals surface area contributed by atoms with Gasteiger partial charge in [0.1, 0.15) is 23.9 Å². The Balaban J connectivity index is 1.49. The molecular formula is C23H28N2O6S. The van der Waals surface area contributed by atoms with E-state index in [2.05, 4.69) is 4.90 Å². The zero-order valence-corrected chi connectivity index (χ0v) is 18.9. The number of rotatable bonds is 8. The highest BCUT2D eigenvalue weighted by atomic mass is 32.2. The third-order valence-electron chi connectivity index (χ3n) is 5.05. The van der Waals surface area contributed by atoms with Crippen LogP contribution in [0.25, 0.3) is 6.08 Å². The number of ether oxygens (including phenoxy) is 1. The summed E-state index contributed by atoms with van der Waals surface area (Å²) in [6.45, 7) is 4.38. The number of hydrogen-bond acceptors (Lipinski definition) is 7. The Morgan fingerprint density at radius 1 is 1.03 bits per heavy atom. The summed E-state index contributed by atoms with van der Waals surface area (Å²) in [5, 5.41) is 1.11. The summed E-state index contributed by atoms with van der Waals surface area (Å²) in [5.74, 6) is 0.0498. The number of nitrogens with zero attached hydrogens (tertiary/aromatic N) is 2. The average molecular weight is 461 g/mol. The number of carbonyl (C=O) groups is 2. The van der Waals surface area contributed by atoms with E-state index in [1.807, 2.05) is 24.3 Å². The second-order valence-electron chi connectivity index (χ2n) is 7.68. The fraction of sp³-hybridized carbons (Fsp3) is 0.391. The van der Waals surface area contributed by atoms with Crippen molar-refractivity contribution in [2.45, 2.75) is 26.5 Å². The normalized spacial score (nSPS) is 15.6. The third kappa shape index (κ3) is 7.65. The van der Waals surface area contributed by atoms with Crippen LogP contribution in [0.15, 0.2) is 52.3 Å². The molecule has 1 amide bonds. The predicted molar refractivity (Wildman–Crippen MR) is 120 cm³/mol. The van der Waals surface area contributed by atoms with Gasteiger partial charge in [0, 0.05) is 38.5 Å². The van der Waals surface area contributed by atoms with Gasteiger partial charge in [0.05, 0.1) is 6.54 Å². The molecule has 0 bridgehead atoms. The van der Waals surface area contributed by atoms with E-state index in [0.717, 1.165) is 29.7 Å². The number of amides is 1. The van der Waals surface area contributed by atoms with Crippen LogP contribution in [-0.4, -0.2) is 62.0 Å². The van der Waals surface area contributed by atoms with E-state index in [1.165, 1.54) is 13.0 Å². The first-order valence-corrected chi connectivity index (χ1v) is 12.2. The molecule has 0 saturated carbocycles. The van der Waals surface area contributed by atoms with Crippen LogP contribution in [0.5, 0.6) is 0 Å². The Morgan fingerprint density at radius 3 is 2.53 bits per heavy atom. The summed E-state index contributed by atoms with van der Waals surface area (Å²) in [4.78, 5) is 27.3. The standard InChI is InChI=1S/C23H28N2O6S/c1-19(26)30-17-22-9-8-21(31-22)16-24-11-5-12-25(14-13-24)23(27)18-32(28,29)15-10-20-6-3-2-4-7-20/h2-4,6-10,15H,5,11-14,16-18H2,1H3. The lowest BCUT2D eigenvalue weighted by Gasteiger charge is -2.21. The van der Waals surface area contributed by atoms with Gasteiger partial charge in [0.25, 0.3) is 0 Å². The molecule has 32 heavy (non-hydrogen) atoms. The van der Waals surface area contributed by atoms with Crippen molar-refractivity contribution in [1.29, 1.82) is 0 Å². The first-order chi connectivity index (χ1) is 15.3. The van der Waals surface area contributed by atoms with Crippen LogP contribution >= 0.6 is 0 Å². The van der Waals surface area contributed by atoms with Gasteiger partial charge < -0.3 is 14.1 Å². The molecule has 1 aliphatic heterocycles. The molecule has 0 unspecified atom stereocenters. The molecule has 3 rings (SSSR count). The molecule has 8 nitrogen and oxygen atoms in total. The Kier molecular flexibility index (Phi) is 8.24. The topological polar surface area (TPSA) is 97.1 Å². The Bertz CT molecular complexity index is 1050. The maximum absolute atomic E-state index is 12.6. The Hall–Kier alpha value is -2.91. The molecule has 2 aromatic rings. The molecule has 172 valence electrons. The number of furan rings is 1. The minimum Gasteiger partial charge on any atom is -0.461 e. The van der Waals surface area contributed by atoms with E-state index in [1.54, 1.807) is 23.1 Å². The maximum Gasteiger partial charge on any atom is 0.303 e. The van der Waals surface area contributed by atoms with Gasteiger partial charge in [-0.2, -0.15) is 0 Å². The lowest BCUT2D eigenvalue weighted by molar-refractivity contribution is -0.142. The van der Waals surface area contributed by atoms with E-state index >= 15 is 0 Å². The van der Waals surface area contributed by atoms with E-state index < -0.39 is 15.6 Å². The second-order valence-corrected chi connectivity index (χ2v) is 9.57. The zero-order valence-electron chi connectivity index (χ0n) is 18.1. The monoisotopic (exact) mass is 460 g/mol. The van der Waals surface area contributed by atoms with Gasteiger partial charge in [-0.25, -0.2) is 8.42 Å². The van der Waals surface area contributed by atoms with E-state index in [-0.39, 0.29) is 18.5 Å². The lowest BCUT2D eigenvalue weighted by Crippen LogP contribution is -2.38. The summed E-state index contributed by atoms with van der Waals surface area (Å²) in [5.41, 5.74) is 0.767. The van der Waals surface area contributed by atoms with E-state index in [9.17, 15) is 18.0 Å². The summed E-state index contributed by atoms with van der Waals surface area (Å²) < 4.78 is 35.3. The molecule has 0 radical (unpaired) electrons. The van der Waals surface area contributed by atoms with Crippen molar-refractivity contribution >= 4 is 27.8 Å². The Morgan fingerprint density at radius 2 is 1.78 bits per heavy atom. The SMILES string of the molecule is CC(=O)OCc1ccc(CN2CCCN(C(=O)CS(=O)(=O)C=Cc3ccccc3)CC2)o1. The van der Waals surface area contributed by atoms with Gasteiger partial charge in [0.15, 0.2) is 9.84 Å². The number of esters is 1. The first-order valence-electron chi connectivity index (χ1n) is 10.5. The van der Waals surface area contributed by atoms with Crippen molar-refractivity contribution in [3.05, 3.63) is 65.0 Å². The average Bonchev–Trinajstić information content (AvgIpc) is 3.07. The molecular weight excluding hydrogens is 432 g/mol. The molecule has 0 atom stereocenters. The summed E-state index contributed by atoms with van der Waals surface area (Å²) in [6, 6.07) is 12.7. The van der Waals surface area contributed by atoms with Crippen LogP contribution in [0, 0.1) is 0 Å². The highest BCUT2D eigenvalue weighted by Gasteiger charge is 2.23. The van der Waals surface area contributed by atoms with Crippen molar-refractivity contribution in [2.24, 2.45) is 0 Å². The van der Waals surface area contributed by atoms with Crippen molar-refractivity contribution in [3.63, 3.8) is 0 Å². The van der Waals surface area contributed by atoms with Crippen molar-refractivity contribution in [2.75, 3.05) is 31.9 Å². The van der Waals surface area contributed by atoms with Crippen molar-refractivity contribution in [3.8, 4) is 0 Å². The molecule has 1 aromatic heterocycles. The molecule has 0 spiro atoms. The fourth-order valence-electron chi connectivity index (χ4n) is 3.41. The van der Waals surface area contributed by atoms with Gasteiger partial charge in [-0.1, -0.05) is 30.3 Å². The van der Waals surface area contributed by atoms with Gasteiger partial charge >= 0.3 is 5.97 Å². The maximum atomic E-state index is 12.6. The fourth-order valence-corrected chi connectivity index (χ4v) is 4.40. The minimum atomic E-state index is -3.65. The van der Waals surface area contributed by atoms with Crippen molar-refractivity contribution < 1.29 is 27.2 Å². The predicted octanol–water partition coefficient (Wildman–Crippen LogP) is 2.46. The summed E-state index contributed by atoms with van der Waals surface area (Å²) >= 11 is 0. The smallest absolute Gasteiger partial charge is 0.303 e. The van der Waals surface area contributed by atoms with Crippen LogP contribution in [0.2, 0.25) is 0 Å². The third-order valence-corrected chi connectivity index (χ3v) is 6.25. The second kappa shape index (κ2) is 11.1. The summed E-state index contributed by atoms with van der Waals surface area (Å²) in [6.07, 6.45) is 2.25. The van der Waals surface area contributed by atoms with Gasteiger partial charge in [-0.05, 0) is 30.2 Å². The molecule has 2 heterocycles. The summed E-state index contributed by atoms with van der Waals surface area (Å²) in [7, 11) is -3.65. The van der Waals surface area contributed by atoms with Crippen molar-refractivity contribution in [1.82, 2.24) is 9.80 Å². The van der Waals surface area contributed by atoms with Crippen LogP contribution in [-0.2, 0) is 37.3 Å². The lowest BCUT2D eigenvalue weighted by atomic mass is 10.2. The number of hydrogen-bond donors (Lipinski definition) is 0. The molecule has 1 fully saturated rings. The Labute approximate surface area is 188 Å². The van der Waals surface area contributed by atoms with Crippen LogP contribution in [0.1, 0.15) is 30.4 Å². The quantitative estimate of drug-likeness (QED) is 0.558. The number of benzene rings is 1.